The van der Waals surface area contributed by atoms with Crippen LogP contribution in [0.5, 0.6) is 6.08 Å². The van der Waals surface area contributed by atoms with Gasteiger partial charge >= 0.3 is 6.08 Å². The number of hydrogen-bond acceptors (Lipinski definition) is 7. The van der Waals surface area contributed by atoms with Crippen LogP contribution in [0.25, 0.3) is 0 Å². The number of benzene rings is 1. The summed E-state index contributed by atoms with van der Waals surface area (Å²) < 4.78 is 28.6. The Morgan fingerprint density at radius 2 is 1.96 bits per heavy atom. The Morgan fingerprint density at radius 3 is 2.65 bits per heavy atom. The van der Waals surface area contributed by atoms with Crippen LogP contribution in [-0.4, -0.2) is 20.3 Å². The molecule has 0 saturated carbocycles. The zero-order valence-corrected chi connectivity index (χ0v) is 12.7. The molecular formula is C15H15FN4O3. The van der Waals surface area contributed by atoms with Crippen LogP contribution in [0.1, 0.15) is 42.9 Å². The maximum absolute atomic E-state index is 12.9. The van der Waals surface area contributed by atoms with E-state index in [0.717, 1.165) is 5.56 Å². The van der Waals surface area contributed by atoms with Gasteiger partial charge in [0.2, 0.25) is 5.89 Å². The highest BCUT2D eigenvalue weighted by Crippen LogP contribution is 2.15. The van der Waals surface area contributed by atoms with Gasteiger partial charge in [0, 0.05) is 12.3 Å². The van der Waals surface area contributed by atoms with Crippen molar-refractivity contribution in [3.8, 4) is 6.08 Å². The maximum atomic E-state index is 12.9. The number of halogens is 1. The van der Waals surface area contributed by atoms with Crippen LogP contribution in [-0.2, 0) is 13.0 Å². The first-order chi connectivity index (χ1) is 11.1. The smallest absolute Gasteiger partial charge is 0.417 e. The first kappa shape index (κ1) is 15.1. The van der Waals surface area contributed by atoms with E-state index in [1.807, 2.05) is 13.8 Å². The number of ether oxygens (including phenoxy) is 1. The minimum absolute atomic E-state index is 0.0198. The topological polar surface area (TPSA) is 87.1 Å². The van der Waals surface area contributed by atoms with Crippen LogP contribution >= 0.6 is 0 Å². The fraction of sp³-hybridized carbons (Fsp3) is 0.333. The van der Waals surface area contributed by atoms with Crippen LogP contribution in [0.3, 0.4) is 0 Å². The first-order valence-electron chi connectivity index (χ1n) is 7.12. The van der Waals surface area contributed by atoms with E-state index in [1.54, 1.807) is 12.1 Å². The predicted molar refractivity (Wildman–Crippen MR) is 76.2 cm³/mol. The Hall–Kier alpha value is -2.77. The molecule has 0 aliphatic carbocycles. The highest BCUT2D eigenvalue weighted by Gasteiger charge is 2.13. The number of rotatable bonds is 6. The summed E-state index contributed by atoms with van der Waals surface area (Å²) in [4.78, 5) is 4.10. The van der Waals surface area contributed by atoms with E-state index >= 15 is 0 Å². The zero-order valence-electron chi connectivity index (χ0n) is 12.7. The standard InChI is InChI=1S/C15H15FN4O3/c1-9(2)14-19-18-13(22-14)8-21-15-17-12(20-23-15)7-10-3-5-11(16)6-4-10/h3-6,9H,7-8H2,1-2H3. The van der Waals surface area contributed by atoms with E-state index in [0.29, 0.717) is 24.0 Å². The van der Waals surface area contributed by atoms with Gasteiger partial charge in [-0.1, -0.05) is 31.1 Å². The average Bonchev–Trinajstić information content (AvgIpc) is 3.17. The molecule has 0 atom stereocenters. The monoisotopic (exact) mass is 318 g/mol. The first-order valence-corrected chi connectivity index (χ1v) is 7.12. The summed E-state index contributed by atoms with van der Waals surface area (Å²) in [5, 5.41) is 11.6. The van der Waals surface area contributed by atoms with Gasteiger partial charge in [-0.25, -0.2) is 4.39 Å². The van der Waals surface area contributed by atoms with E-state index in [2.05, 4.69) is 20.3 Å². The second-order valence-electron chi connectivity index (χ2n) is 5.26. The van der Waals surface area contributed by atoms with Crippen molar-refractivity contribution in [2.75, 3.05) is 0 Å². The third kappa shape index (κ3) is 3.91. The van der Waals surface area contributed by atoms with Crippen LogP contribution in [0.4, 0.5) is 4.39 Å². The molecule has 120 valence electrons. The largest absolute Gasteiger partial charge is 0.439 e. The predicted octanol–water partition coefficient (Wildman–Crippen LogP) is 2.88. The van der Waals surface area contributed by atoms with Gasteiger partial charge in [-0.2, -0.15) is 4.98 Å². The third-order valence-electron chi connectivity index (χ3n) is 3.02. The average molecular weight is 318 g/mol. The summed E-state index contributed by atoms with van der Waals surface area (Å²) in [6.07, 6.45) is 0.442. The Bertz CT molecular complexity index is 767. The van der Waals surface area contributed by atoms with Gasteiger partial charge in [0.05, 0.1) is 0 Å². The highest BCUT2D eigenvalue weighted by atomic mass is 19.1. The van der Waals surface area contributed by atoms with Gasteiger partial charge < -0.3 is 9.15 Å². The van der Waals surface area contributed by atoms with Crippen molar-refractivity contribution in [1.82, 2.24) is 20.3 Å². The molecule has 0 fully saturated rings. The van der Waals surface area contributed by atoms with Crippen molar-refractivity contribution < 1.29 is 18.1 Å². The van der Waals surface area contributed by atoms with Crippen molar-refractivity contribution in [3.05, 3.63) is 53.3 Å². The number of hydrogen-bond donors (Lipinski definition) is 0. The molecule has 3 aromatic rings. The molecule has 0 saturated heterocycles. The minimum Gasteiger partial charge on any atom is -0.439 e. The zero-order chi connectivity index (χ0) is 16.2. The van der Waals surface area contributed by atoms with Crippen LogP contribution in [0.2, 0.25) is 0 Å². The summed E-state index contributed by atoms with van der Waals surface area (Å²) in [6, 6.07) is 6.10. The molecule has 2 aromatic heterocycles. The molecule has 0 amide bonds. The van der Waals surface area contributed by atoms with Crippen molar-refractivity contribution >= 4 is 0 Å². The second-order valence-corrected chi connectivity index (χ2v) is 5.26. The lowest BCUT2D eigenvalue weighted by molar-refractivity contribution is 0.174. The quantitative estimate of drug-likeness (QED) is 0.690. The van der Waals surface area contributed by atoms with Gasteiger partial charge in [-0.3, -0.25) is 4.52 Å². The Balaban J connectivity index is 1.57. The molecule has 0 N–H and O–H groups in total. The van der Waals surface area contributed by atoms with Crippen LogP contribution in [0, 0.1) is 5.82 Å². The third-order valence-corrected chi connectivity index (χ3v) is 3.02. The summed E-state index contributed by atoms with van der Waals surface area (Å²) in [5.41, 5.74) is 0.872. The van der Waals surface area contributed by atoms with Crippen molar-refractivity contribution in [3.63, 3.8) is 0 Å². The summed E-state index contributed by atoms with van der Waals surface area (Å²) in [6.45, 7) is 3.97. The summed E-state index contributed by atoms with van der Waals surface area (Å²) in [7, 11) is 0. The molecule has 2 heterocycles. The molecule has 1 aromatic carbocycles. The second kappa shape index (κ2) is 6.55. The molecule has 7 nitrogen and oxygen atoms in total. The SMILES string of the molecule is CC(C)c1nnc(COc2nc(Cc3ccc(F)cc3)no2)o1. The molecule has 0 aliphatic rings. The van der Waals surface area contributed by atoms with E-state index in [9.17, 15) is 4.39 Å². The van der Waals surface area contributed by atoms with E-state index in [4.69, 9.17) is 13.7 Å². The molecular weight excluding hydrogens is 303 g/mol. The summed E-state index contributed by atoms with van der Waals surface area (Å²) in [5.74, 6) is 1.20. The minimum atomic E-state index is -0.286. The van der Waals surface area contributed by atoms with E-state index < -0.39 is 0 Å². The van der Waals surface area contributed by atoms with Gasteiger partial charge in [-0.15, -0.1) is 10.2 Å². The lowest BCUT2D eigenvalue weighted by Crippen LogP contribution is -1.96. The lowest BCUT2D eigenvalue weighted by atomic mass is 10.1. The van der Waals surface area contributed by atoms with Crippen molar-refractivity contribution in [2.24, 2.45) is 0 Å². The van der Waals surface area contributed by atoms with E-state index in [-0.39, 0.29) is 24.4 Å². The highest BCUT2D eigenvalue weighted by molar-refractivity contribution is 5.19. The normalized spacial score (nSPS) is 11.1. The molecule has 3 rings (SSSR count). The number of aromatic nitrogens is 4. The molecule has 0 aliphatic heterocycles. The number of nitrogens with zero attached hydrogens (tertiary/aromatic N) is 4. The van der Waals surface area contributed by atoms with Crippen LogP contribution in [0.15, 0.2) is 33.2 Å². The molecule has 0 spiro atoms. The fourth-order valence-corrected chi connectivity index (χ4v) is 1.83. The van der Waals surface area contributed by atoms with Gasteiger partial charge in [0.25, 0.3) is 5.89 Å². The Labute approximate surface area is 131 Å². The Kier molecular flexibility index (Phi) is 4.31. The van der Waals surface area contributed by atoms with Crippen LogP contribution < -0.4 is 4.74 Å². The van der Waals surface area contributed by atoms with Gasteiger partial charge in [-0.05, 0) is 17.7 Å². The lowest BCUT2D eigenvalue weighted by Gasteiger charge is -1.96. The van der Waals surface area contributed by atoms with Gasteiger partial charge in [0.15, 0.2) is 12.4 Å². The molecule has 0 radical (unpaired) electrons. The molecule has 0 unspecified atom stereocenters. The van der Waals surface area contributed by atoms with Crippen molar-refractivity contribution in [2.45, 2.75) is 32.8 Å². The van der Waals surface area contributed by atoms with Gasteiger partial charge in [0.1, 0.15) is 5.82 Å². The summed E-state index contributed by atoms with van der Waals surface area (Å²) >= 11 is 0. The van der Waals surface area contributed by atoms with E-state index in [1.165, 1.54) is 12.1 Å². The van der Waals surface area contributed by atoms with Crippen molar-refractivity contribution in [1.29, 1.82) is 0 Å². The molecule has 0 bridgehead atoms. The maximum Gasteiger partial charge on any atom is 0.417 e. The molecule has 23 heavy (non-hydrogen) atoms. The molecule has 8 heteroatoms. The Morgan fingerprint density at radius 1 is 1.17 bits per heavy atom. The fourth-order valence-electron chi connectivity index (χ4n) is 1.83.